The molecule has 2 heterocycles. The second-order valence-electron chi connectivity index (χ2n) is 7.72. The molecule has 0 aliphatic carbocycles. The monoisotopic (exact) mass is 479 g/mol. The molecule has 0 radical (unpaired) electrons. The standard InChI is InChI=1S/C24H25N5O2S2/c1-15-8-10-18(11-9-15)20-13-32-23(25-20)26-21(30)14-33-24-28-27-22(29(24)4)17(3)31-19-7-5-6-16(2)12-19/h5-13,17H,14H2,1-4H3,(H,25,26,30). The number of carbonyl (C=O) groups excluding carboxylic acids is 1. The van der Waals surface area contributed by atoms with Gasteiger partial charge in [0.15, 0.2) is 22.2 Å². The minimum Gasteiger partial charge on any atom is -0.483 e. The number of thioether (sulfide) groups is 1. The summed E-state index contributed by atoms with van der Waals surface area (Å²) in [4.78, 5) is 17.0. The maximum Gasteiger partial charge on any atom is 0.236 e. The van der Waals surface area contributed by atoms with E-state index in [1.165, 1.54) is 28.7 Å². The molecule has 0 spiro atoms. The van der Waals surface area contributed by atoms with Gasteiger partial charge in [0.05, 0.1) is 11.4 Å². The molecule has 0 bridgehead atoms. The molecule has 0 saturated heterocycles. The van der Waals surface area contributed by atoms with Crippen LogP contribution in [0.15, 0.2) is 59.1 Å². The number of hydrogen-bond acceptors (Lipinski definition) is 7. The zero-order chi connectivity index (χ0) is 23.4. The van der Waals surface area contributed by atoms with Gasteiger partial charge in [-0.3, -0.25) is 4.79 Å². The number of aryl methyl sites for hydroxylation is 2. The van der Waals surface area contributed by atoms with E-state index in [1.807, 2.05) is 86.3 Å². The van der Waals surface area contributed by atoms with Crippen LogP contribution in [0, 0.1) is 13.8 Å². The molecule has 1 amide bonds. The van der Waals surface area contributed by atoms with Gasteiger partial charge in [-0.1, -0.05) is 53.7 Å². The number of aromatic nitrogens is 4. The lowest BCUT2D eigenvalue weighted by Gasteiger charge is -2.14. The van der Waals surface area contributed by atoms with Gasteiger partial charge in [0.2, 0.25) is 5.91 Å². The van der Waals surface area contributed by atoms with Gasteiger partial charge in [-0.25, -0.2) is 4.98 Å². The Morgan fingerprint density at radius 2 is 1.94 bits per heavy atom. The van der Waals surface area contributed by atoms with Crippen molar-refractivity contribution in [3.63, 3.8) is 0 Å². The third kappa shape index (κ3) is 5.80. The van der Waals surface area contributed by atoms with Crippen LogP contribution in [0.2, 0.25) is 0 Å². The van der Waals surface area contributed by atoms with Crippen molar-refractivity contribution in [1.82, 2.24) is 19.7 Å². The lowest BCUT2D eigenvalue weighted by Crippen LogP contribution is -2.14. The predicted molar refractivity (Wildman–Crippen MR) is 133 cm³/mol. The molecule has 0 aliphatic heterocycles. The van der Waals surface area contributed by atoms with Gasteiger partial charge < -0.3 is 14.6 Å². The molecular formula is C24H25N5O2S2. The number of rotatable bonds is 8. The summed E-state index contributed by atoms with van der Waals surface area (Å²) in [6, 6.07) is 16.0. The molecule has 4 rings (SSSR count). The number of benzene rings is 2. The molecule has 0 aliphatic rings. The largest absolute Gasteiger partial charge is 0.483 e. The van der Waals surface area contributed by atoms with Crippen LogP contribution in [-0.2, 0) is 11.8 Å². The first-order valence-electron chi connectivity index (χ1n) is 10.5. The molecule has 4 aromatic rings. The number of amides is 1. The Balaban J connectivity index is 1.32. The van der Waals surface area contributed by atoms with Crippen LogP contribution in [0.4, 0.5) is 5.13 Å². The maximum absolute atomic E-state index is 12.5. The second kappa shape index (κ2) is 10.2. The van der Waals surface area contributed by atoms with E-state index in [1.54, 1.807) is 0 Å². The number of nitrogens with one attached hydrogen (secondary N) is 1. The van der Waals surface area contributed by atoms with Crippen molar-refractivity contribution in [3.8, 4) is 17.0 Å². The number of carbonyl (C=O) groups is 1. The smallest absolute Gasteiger partial charge is 0.236 e. The third-order valence-electron chi connectivity index (χ3n) is 4.96. The minimum absolute atomic E-state index is 0.140. The molecule has 33 heavy (non-hydrogen) atoms. The lowest BCUT2D eigenvalue weighted by molar-refractivity contribution is -0.113. The summed E-state index contributed by atoms with van der Waals surface area (Å²) in [7, 11) is 1.88. The highest BCUT2D eigenvalue weighted by atomic mass is 32.2. The summed E-state index contributed by atoms with van der Waals surface area (Å²) in [5, 5.41) is 14.5. The Labute approximate surface area is 201 Å². The maximum atomic E-state index is 12.5. The Bertz CT molecular complexity index is 1250. The molecule has 9 heteroatoms. The molecule has 1 unspecified atom stereocenters. The van der Waals surface area contributed by atoms with E-state index >= 15 is 0 Å². The zero-order valence-corrected chi connectivity index (χ0v) is 20.5. The number of ether oxygens (including phenoxy) is 1. The van der Waals surface area contributed by atoms with Crippen LogP contribution in [0.25, 0.3) is 11.3 Å². The van der Waals surface area contributed by atoms with E-state index < -0.39 is 0 Å². The summed E-state index contributed by atoms with van der Waals surface area (Å²) in [5.41, 5.74) is 4.21. The lowest BCUT2D eigenvalue weighted by atomic mass is 10.1. The molecule has 0 fully saturated rings. The van der Waals surface area contributed by atoms with Crippen molar-refractivity contribution >= 4 is 34.1 Å². The highest BCUT2D eigenvalue weighted by Gasteiger charge is 2.18. The van der Waals surface area contributed by atoms with Gasteiger partial charge in [0, 0.05) is 18.0 Å². The van der Waals surface area contributed by atoms with Crippen molar-refractivity contribution in [1.29, 1.82) is 0 Å². The van der Waals surface area contributed by atoms with E-state index in [0.717, 1.165) is 22.6 Å². The van der Waals surface area contributed by atoms with Crippen LogP contribution in [0.3, 0.4) is 0 Å². The first-order valence-corrected chi connectivity index (χ1v) is 12.3. The molecule has 170 valence electrons. The molecule has 2 aromatic carbocycles. The number of hydrogen-bond donors (Lipinski definition) is 1. The van der Waals surface area contributed by atoms with E-state index in [-0.39, 0.29) is 17.8 Å². The van der Waals surface area contributed by atoms with Crippen LogP contribution in [0.1, 0.15) is 30.0 Å². The predicted octanol–water partition coefficient (Wildman–Crippen LogP) is 5.43. The Kier molecular flexibility index (Phi) is 7.10. The van der Waals surface area contributed by atoms with Crippen LogP contribution < -0.4 is 10.1 Å². The van der Waals surface area contributed by atoms with Gasteiger partial charge in [-0.2, -0.15) is 0 Å². The molecular weight excluding hydrogens is 454 g/mol. The first-order chi connectivity index (χ1) is 15.9. The highest BCUT2D eigenvalue weighted by Crippen LogP contribution is 2.26. The third-order valence-corrected chi connectivity index (χ3v) is 6.74. The molecule has 1 N–H and O–H groups in total. The Morgan fingerprint density at radius 1 is 1.15 bits per heavy atom. The van der Waals surface area contributed by atoms with Crippen LogP contribution in [-0.4, -0.2) is 31.4 Å². The Hall–Kier alpha value is -3.17. The SMILES string of the molecule is Cc1ccc(-c2csc(NC(=O)CSc3nnc(C(C)Oc4cccc(C)c4)n3C)n2)cc1. The van der Waals surface area contributed by atoms with Crippen molar-refractivity contribution in [2.24, 2.45) is 7.05 Å². The zero-order valence-electron chi connectivity index (χ0n) is 18.9. The van der Waals surface area contributed by atoms with Gasteiger partial charge in [-0.05, 0) is 38.5 Å². The van der Waals surface area contributed by atoms with Crippen LogP contribution >= 0.6 is 23.1 Å². The van der Waals surface area contributed by atoms with Crippen molar-refractivity contribution in [2.75, 3.05) is 11.1 Å². The second-order valence-corrected chi connectivity index (χ2v) is 9.52. The minimum atomic E-state index is -0.275. The average molecular weight is 480 g/mol. The number of nitrogens with zero attached hydrogens (tertiary/aromatic N) is 4. The van der Waals surface area contributed by atoms with E-state index in [9.17, 15) is 4.79 Å². The molecule has 0 saturated carbocycles. The van der Waals surface area contributed by atoms with Gasteiger partial charge in [0.25, 0.3) is 0 Å². The van der Waals surface area contributed by atoms with Gasteiger partial charge in [0.1, 0.15) is 5.75 Å². The van der Waals surface area contributed by atoms with Gasteiger partial charge in [-0.15, -0.1) is 21.5 Å². The highest BCUT2D eigenvalue weighted by molar-refractivity contribution is 7.99. The molecule has 1 atom stereocenters. The summed E-state index contributed by atoms with van der Waals surface area (Å²) >= 11 is 2.73. The summed E-state index contributed by atoms with van der Waals surface area (Å²) < 4.78 is 7.86. The van der Waals surface area contributed by atoms with E-state index in [4.69, 9.17) is 4.74 Å². The molecule has 7 nitrogen and oxygen atoms in total. The van der Waals surface area contributed by atoms with Crippen molar-refractivity contribution in [3.05, 3.63) is 70.9 Å². The quantitative estimate of drug-likeness (QED) is 0.340. The van der Waals surface area contributed by atoms with Crippen LogP contribution in [0.5, 0.6) is 5.75 Å². The van der Waals surface area contributed by atoms with E-state index in [2.05, 4.69) is 20.5 Å². The Morgan fingerprint density at radius 3 is 2.70 bits per heavy atom. The fourth-order valence-electron chi connectivity index (χ4n) is 3.22. The summed E-state index contributed by atoms with van der Waals surface area (Å²) in [6.07, 6.45) is -0.275. The van der Waals surface area contributed by atoms with Gasteiger partial charge >= 0.3 is 0 Å². The normalized spacial score (nSPS) is 11.9. The molecule has 2 aromatic heterocycles. The fourth-order valence-corrected chi connectivity index (χ4v) is 4.68. The summed E-state index contributed by atoms with van der Waals surface area (Å²) in [6.45, 7) is 6.00. The van der Waals surface area contributed by atoms with Crippen molar-refractivity contribution < 1.29 is 9.53 Å². The topological polar surface area (TPSA) is 81.9 Å². The number of anilines is 1. The average Bonchev–Trinajstić information content (AvgIpc) is 3.39. The van der Waals surface area contributed by atoms with Crippen molar-refractivity contribution in [2.45, 2.75) is 32.0 Å². The summed E-state index contributed by atoms with van der Waals surface area (Å²) in [5.74, 6) is 1.55. The first kappa shape index (κ1) is 23.0. The fraction of sp³-hybridized carbons (Fsp3) is 0.250. The number of thiazole rings is 1. The van der Waals surface area contributed by atoms with E-state index in [0.29, 0.717) is 16.1 Å².